The molecular weight excluding hydrogens is 456 g/mol. The summed E-state index contributed by atoms with van der Waals surface area (Å²) in [6.07, 6.45) is 2.94. The number of carbonyl (C=O) groups excluding carboxylic acids is 1. The summed E-state index contributed by atoms with van der Waals surface area (Å²) in [6.45, 7) is 4.57. The Kier molecular flexibility index (Phi) is 7.07. The minimum atomic E-state index is -0.592. The summed E-state index contributed by atoms with van der Waals surface area (Å²) in [4.78, 5) is 19.4. The second-order valence-electron chi connectivity index (χ2n) is 8.10. The Morgan fingerprint density at radius 3 is 2.65 bits per heavy atom. The minimum Gasteiger partial charge on any atom is -0.504 e. The van der Waals surface area contributed by atoms with Gasteiger partial charge in [0, 0.05) is 22.8 Å². The first kappa shape index (κ1) is 23.6. The molecule has 9 heteroatoms. The van der Waals surface area contributed by atoms with Crippen LogP contribution in [0.3, 0.4) is 0 Å². The highest BCUT2D eigenvalue weighted by Crippen LogP contribution is 2.39. The van der Waals surface area contributed by atoms with Crippen LogP contribution in [0, 0.1) is 0 Å². The van der Waals surface area contributed by atoms with Crippen LogP contribution in [0.25, 0.3) is 17.0 Å². The number of hydrogen-bond acceptors (Lipinski definition) is 6. The minimum absolute atomic E-state index is 0.0241. The molecule has 0 aliphatic carbocycles. The number of ether oxygens (including phenoxy) is 1. The Morgan fingerprint density at radius 1 is 1.21 bits per heavy atom. The van der Waals surface area contributed by atoms with Crippen LogP contribution in [-0.2, 0) is 0 Å². The second kappa shape index (κ2) is 10.2. The highest BCUT2D eigenvalue weighted by Gasteiger charge is 2.35. The first-order chi connectivity index (χ1) is 16.4. The summed E-state index contributed by atoms with van der Waals surface area (Å²) in [5.41, 5.74) is 2.83. The van der Waals surface area contributed by atoms with Gasteiger partial charge in [-0.1, -0.05) is 42.6 Å². The number of benzene rings is 2. The zero-order valence-electron chi connectivity index (χ0n) is 19.3. The summed E-state index contributed by atoms with van der Waals surface area (Å²) in [6, 6.07) is 11.4. The lowest BCUT2D eigenvalue weighted by Gasteiger charge is -2.35. The van der Waals surface area contributed by atoms with E-state index >= 15 is 0 Å². The van der Waals surface area contributed by atoms with Crippen LogP contribution in [-0.4, -0.2) is 39.8 Å². The fourth-order valence-corrected chi connectivity index (χ4v) is 4.16. The number of unbranched alkanes of at least 4 members (excludes halogenated alkanes) is 2. The van der Waals surface area contributed by atoms with Crippen LogP contribution in [0.1, 0.15) is 50.6 Å². The van der Waals surface area contributed by atoms with Crippen molar-refractivity contribution >= 4 is 23.2 Å². The van der Waals surface area contributed by atoms with Crippen molar-refractivity contribution in [3.05, 3.63) is 64.6 Å². The van der Waals surface area contributed by atoms with E-state index in [1.165, 1.54) is 7.11 Å². The van der Waals surface area contributed by atoms with E-state index in [4.69, 9.17) is 20.9 Å². The molecule has 0 fully saturated rings. The van der Waals surface area contributed by atoms with Crippen molar-refractivity contribution in [3.8, 4) is 22.9 Å². The number of rotatable bonds is 8. The molecule has 2 amide bonds. The molecule has 1 atom stereocenters. The van der Waals surface area contributed by atoms with Crippen LogP contribution < -0.4 is 10.1 Å². The van der Waals surface area contributed by atoms with Crippen molar-refractivity contribution in [1.82, 2.24) is 20.4 Å². The van der Waals surface area contributed by atoms with E-state index in [2.05, 4.69) is 22.4 Å². The first-order valence-electron chi connectivity index (χ1n) is 11.2. The molecule has 1 aliphatic rings. The van der Waals surface area contributed by atoms with Gasteiger partial charge in [0.25, 0.3) is 5.89 Å². The highest BCUT2D eigenvalue weighted by molar-refractivity contribution is 6.30. The SMILES string of the molecule is CCCCCN1C(=O)NC(c2ccc(OC)c(O)c2)C(c2nc(-c3ccc(Cl)cc3)no2)=C1C. The molecule has 4 rings (SSSR count). The molecular formula is C25H27ClN4O4. The van der Waals surface area contributed by atoms with E-state index < -0.39 is 6.04 Å². The lowest BCUT2D eigenvalue weighted by molar-refractivity contribution is 0.204. The third-order valence-electron chi connectivity index (χ3n) is 5.88. The molecule has 178 valence electrons. The normalized spacial score (nSPS) is 16.1. The Morgan fingerprint density at radius 2 is 1.97 bits per heavy atom. The molecule has 1 aliphatic heterocycles. The number of nitrogens with zero attached hydrogens (tertiary/aromatic N) is 3. The van der Waals surface area contributed by atoms with Gasteiger partial charge in [0.05, 0.1) is 18.7 Å². The second-order valence-corrected chi connectivity index (χ2v) is 8.54. The maximum absolute atomic E-state index is 13.0. The Bertz CT molecular complexity index is 1210. The molecule has 0 saturated heterocycles. The van der Waals surface area contributed by atoms with Gasteiger partial charge in [0.2, 0.25) is 5.82 Å². The Hall–Kier alpha value is -3.52. The standard InChI is InChI=1S/C25H27ClN4O4/c1-4-5-6-13-30-15(2)21(24-28-23(29-34-24)16-7-10-18(26)11-8-16)22(27-25(30)32)17-9-12-20(33-3)19(31)14-17/h7-12,14,22,31H,4-6,13H2,1-3H3,(H,27,32). The van der Waals surface area contributed by atoms with Crippen molar-refractivity contribution in [1.29, 1.82) is 0 Å². The quantitative estimate of drug-likeness (QED) is 0.394. The van der Waals surface area contributed by atoms with Crippen LogP contribution in [0.15, 0.2) is 52.7 Å². The van der Waals surface area contributed by atoms with E-state index in [0.29, 0.717) is 40.2 Å². The number of halogens is 1. The zero-order chi connectivity index (χ0) is 24.2. The number of urea groups is 1. The van der Waals surface area contributed by atoms with Gasteiger partial charge in [-0.15, -0.1) is 0 Å². The van der Waals surface area contributed by atoms with Gasteiger partial charge in [0.15, 0.2) is 11.5 Å². The van der Waals surface area contributed by atoms with Crippen molar-refractivity contribution in [2.75, 3.05) is 13.7 Å². The average molecular weight is 483 g/mol. The predicted octanol–water partition coefficient (Wildman–Crippen LogP) is 5.79. The van der Waals surface area contributed by atoms with Gasteiger partial charge in [-0.3, -0.25) is 4.90 Å². The number of phenols is 1. The van der Waals surface area contributed by atoms with Gasteiger partial charge >= 0.3 is 6.03 Å². The maximum atomic E-state index is 13.0. The van der Waals surface area contributed by atoms with Gasteiger partial charge in [-0.2, -0.15) is 4.98 Å². The third kappa shape index (κ3) is 4.72. The van der Waals surface area contributed by atoms with Crippen molar-refractivity contribution in [3.63, 3.8) is 0 Å². The van der Waals surface area contributed by atoms with Gasteiger partial charge in [-0.25, -0.2) is 4.79 Å². The smallest absolute Gasteiger partial charge is 0.322 e. The zero-order valence-corrected chi connectivity index (χ0v) is 20.1. The third-order valence-corrected chi connectivity index (χ3v) is 6.13. The molecule has 0 radical (unpaired) electrons. The Labute approximate surface area is 203 Å². The summed E-state index contributed by atoms with van der Waals surface area (Å²) in [5, 5.41) is 18.2. The summed E-state index contributed by atoms with van der Waals surface area (Å²) in [7, 11) is 1.48. The van der Waals surface area contributed by atoms with Crippen molar-refractivity contribution < 1.29 is 19.2 Å². The molecule has 0 bridgehead atoms. The number of phenolic OH excluding ortho intramolecular Hbond substituents is 1. The van der Waals surface area contributed by atoms with Crippen LogP contribution >= 0.6 is 11.6 Å². The molecule has 3 aromatic rings. The predicted molar refractivity (Wildman–Crippen MR) is 130 cm³/mol. The number of nitrogens with one attached hydrogen (secondary N) is 1. The summed E-state index contributed by atoms with van der Waals surface area (Å²) in [5.74, 6) is 1.03. The molecule has 0 spiro atoms. The Balaban J connectivity index is 1.78. The lowest BCUT2D eigenvalue weighted by Crippen LogP contribution is -2.46. The van der Waals surface area contributed by atoms with Crippen LogP contribution in [0.2, 0.25) is 5.02 Å². The number of amides is 2. The van der Waals surface area contributed by atoms with Crippen LogP contribution in [0.5, 0.6) is 11.5 Å². The summed E-state index contributed by atoms with van der Waals surface area (Å²) < 4.78 is 10.8. The molecule has 34 heavy (non-hydrogen) atoms. The number of aromatic nitrogens is 2. The molecule has 1 aromatic heterocycles. The average Bonchev–Trinajstić information content (AvgIpc) is 3.31. The van der Waals surface area contributed by atoms with E-state index in [1.54, 1.807) is 35.2 Å². The van der Waals surface area contributed by atoms with E-state index in [0.717, 1.165) is 30.5 Å². The van der Waals surface area contributed by atoms with Crippen molar-refractivity contribution in [2.45, 2.75) is 39.2 Å². The largest absolute Gasteiger partial charge is 0.504 e. The van der Waals surface area contributed by atoms with Gasteiger partial charge in [0.1, 0.15) is 0 Å². The lowest BCUT2D eigenvalue weighted by atomic mass is 9.94. The fourth-order valence-electron chi connectivity index (χ4n) is 4.03. The molecule has 0 saturated carbocycles. The van der Waals surface area contributed by atoms with E-state index in [9.17, 15) is 9.90 Å². The van der Waals surface area contributed by atoms with Crippen LogP contribution in [0.4, 0.5) is 4.79 Å². The molecule has 8 nitrogen and oxygen atoms in total. The molecule has 2 aromatic carbocycles. The molecule has 1 unspecified atom stereocenters. The summed E-state index contributed by atoms with van der Waals surface area (Å²) >= 11 is 6.00. The van der Waals surface area contributed by atoms with Crippen molar-refractivity contribution in [2.24, 2.45) is 0 Å². The fraction of sp³-hybridized carbons (Fsp3) is 0.320. The highest BCUT2D eigenvalue weighted by atomic mass is 35.5. The van der Waals surface area contributed by atoms with E-state index in [1.807, 2.05) is 19.1 Å². The number of allylic oxidation sites excluding steroid dienone is 1. The first-order valence-corrected chi connectivity index (χ1v) is 11.6. The topological polar surface area (TPSA) is 101 Å². The monoisotopic (exact) mass is 482 g/mol. The maximum Gasteiger partial charge on any atom is 0.322 e. The number of hydrogen-bond donors (Lipinski definition) is 2. The molecule has 2 N–H and O–H groups in total. The number of methoxy groups -OCH3 is 1. The molecule has 2 heterocycles. The van der Waals surface area contributed by atoms with Gasteiger partial charge in [-0.05, 0) is 55.3 Å². The number of carbonyl (C=O) groups is 1. The number of aromatic hydroxyl groups is 1. The van der Waals surface area contributed by atoms with E-state index in [-0.39, 0.29) is 11.8 Å². The van der Waals surface area contributed by atoms with Gasteiger partial charge < -0.3 is 19.7 Å².